The van der Waals surface area contributed by atoms with E-state index < -0.39 is 20.0 Å². The minimum atomic E-state index is -4.71. The third kappa shape index (κ3) is 72.1. The number of hydrogen-bond acceptors (Lipinski definition) is 7. The number of hydrogen-bond donors (Lipinski definition) is 1. The van der Waals surface area contributed by atoms with Gasteiger partial charge < -0.3 is 28.5 Å². The largest absolute Gasteiger partial charge is 0.756 e. The van der Waals surface area contributed by atoms with E-state index in [2.05, 4.69) is 62.5 Å². The first kappa shape index (κ1) is 89.0. The van der Waals surface area contributed by atoms with E-state index in [1.54, 1.807) is 0 Å². The van der Waals surface area contributed by atoms with Gasteiger partial charge in [0.05, 0.1) is 33.8 Å². The number of likely N-dealkylation sites (N-methyl/N-ethyl adjacent to an activating group) is 1. The molecule has 0 rings (SSSR count). The van der Waals surface area contributed by atoms with Crippen LogP contribution in [0.2, 0.25) is 0 Å². The number of nitrogens with one attached hydrogen (secondary N) is 1. The van der Waals surface area contributed by atoms with Gasteiger partial charge in [-0.2, -0.15) is 0 Å². The summed E-state index contributed by atoms with van der Waals surface area (Å²) in [6.45, 7) is 6.89. The molecule has 3 unspecified atom stereocenters. The van der Waals surface area contributed by atoms with Crippen molar-refractivity contribution in [2.45, 2.75) is 418 Å². The van der Waals surface area contributed by atoms with Gasteiger partial charge in [0.25, 0.3) is 7.82 Å². The van der Waals surface area contributed by atoms with Crippen molar-refractivity contribution in [3.63, 3.8) is 0 Å². The maximum absolute atomic E-state index is 13.7. The van der Waals surface area contributed by atoms with Crippen molar-refractivity contribution < 1.29 is 37.3 Å². The van der Waals surface area contributed by atoms with Crippen molar-refractivity contribution in [3.05, 3.63) is 48.6 Å². The van der Waals surface area contributed by atoms with E-state index in [1.165, 1.54) is 308 Å². The van der Waals surface area contributed by atoms with Gasteiger partial charge in [0, 0.05) is 12.8 Å². The number of allylic oxidation sites excluding steroid dienone is 7. The summed E-state index contributed by atoms with van der Waals surface area (Å²) in [5, 5.41) is 3.06. The minimum Gasteiger partial charge on any atom is -0.756 e. The smallest absolute Gasteiger partial charge is 0.306 e. The highest BCUT2D eigenvalue weighted by Gasteiger charge is 2.27. The number of quaternary nitrogens is 1. The first-order valence-corrected chi connectivity index (χ1v) is 41.4. The summed E-state index contributed by atoms with van der Waals surface area (Å²) < 4.78 is 30.6. The number of unbranched alkanes of at least 4 members (excludes halogenated alkanes) is 52. The average Bonchev–Trinajstić information content (AvgIpc) is 3.73. The highest BCUT2D eigenvalue weighted by molar-refractivity contribution is 7.45. The fraction of sp³-hybridized carbons (Fsp3) is 0.877. The number of amides is 1. The van der Waals surface area contributed by atoms with Gasteiger partial charge in [-0.05, 0) is 89.5 Å². The summed E-state index contributed by atoms with van der Waals surface area (Å²) in [6.07, 6.45) is 91.1. The van der Waals surface area contributed by atoms with Crippen LogP contribution in [0.1, 0.15) is 406 Å². The Morgan fingerprint density at radius 3 is 1.02 bits per heavy atom. The van der Waals surface area contributed by atoms with Crippen LogP contribution >= 0.6 is 7.82 Å². The molecule has 0 aliphatic carbocycles. The van der Waals surface area contributed by atoms with Crippen LogP contribution in [0.25, 0.3) is 0 Å². The molecule has 1 N–H and O–H groups in total. The van der Waals surface area contributed by atoms with Crippen molar-refractivity contribution in [2.24, 2.45) is 0 Å². The van der Waals surface area contributed by atoms with Crippen molar-refractivity contribution in [1.82, 2.24) is 5.32 Å². The van der Waals surface area contributed by atoms with Crippen LogP contribution in [-0.2, 0) is 27.9 Å². The molecular formula is C81H155N2O7P. The van der Waals surface area contributed by atoms with Gasteiger partial charge in [-0.15, -0.1) is 0 Å². The molecule has 0 fully saturated rings. The van der Waals surface area contributed by atoms with Crippen molar-refractivity contribution in [2.75, 3.05) is 40.9 Å². The molecule has 3 atom stereocenters. The van der Waals surface area contributed by atoms with E-state index in [-0.39, 0.29) is 31.5 Å². The van der Waals surface area contributed by atoms with Crippen LogP contribution in [0.4, 0.5) is 0 Å². The number of phosphoric acid groups is 1. The second kappa shape index (κ2) is 70.8. The Morgan fingerprint density at radius 2 is 0.670 bits per heavy atom. The third-order valence-electron chi connectivity index (χ3n) is 18.2. The second-order valence-corrected chi connectivity index (χ2v) is 30.0. The molecule has 10 heteroatoms. The standard InChI is InChI=1S/C81H155N2O7P/c1-7-10-13-16-19-22-25-28-30-32-34-36-38-40-41-43-45-47-49-51-53-56-59-62-65-68-71-74-81(85)90-79(72-69-66-63-60-57-54-27-24-21-18-15-12-9-3)78(77-89-91(86,87)88-76-75-83(4,5)6)82-80(84)73-70-67-64-61-58-55-52-50-48-46-44-42-39-37-35-33-31-29-26-23-20-17-14-11-8-2/h20,23,28-31,69,72,78-79H,7-19,21-22,24-27,32-68,70-71,73-77H2,1-6H3,(H-,82,84,86,87)/b23-20-,30-28+,31-29-,72-69+. The van der Waals surface area contributed by atoms with Crippen LogP contribution in [0, 0.1) is 0 Å². The summed E-state index contributed by atoms with van der Waals surface area (Å²) in [6, 6.07) is -0.888. The zero-order valence-corrected chi connectivity index (χ0v) is 62.5. The predicted octanol–water partition coefficient (Wildman–Crippen LogP) is 25.3. The number of ether oxygens (including phenoxy) is 1. The lowest BCUT2D eigenvalue weighted by atomic mass is 10.0. The van der Waals surface area contributed by atoms with Gasteiger partial charge in [-0.1, -0.05) is 352 Å². The molecule has 536 valence electrons. The van der Waals surface area contributed by atoms with Crippen LogP contribution in [0.15, 0.2) is 48.6 Å². The molecule has 0 radical (unpaired) electrons. The van der Waals surface area contributed by atoms with E-state index in [4.69, 9.17) is 13.8 Å². The molecule has 0 bridgehead atoms. The number of carbonyl (C=O) groups excluding carboxylic acids is 2. The summed E-state index contributed by atoms with van der Waals surface area (Å²) in [4.78, 5) is 40.4. The molecule has 0 aromatic carbocycles. The molecule has 0 heterocycles. The van der Waals surface area contributed by atoms with Gasteiger partial charge in [0.2, 0.25) is 5.91 Å². The fourth-order valence-corrected chi connectivity index (χ4v) is 12.8. The van der Waals surface area contributed by atoms with E-state index in [9.17, 15) is 19.0 Å². The number of carbonyl (C=O) groups is 2. The molecule has 0 aliphatic rings. The van der Waals surface area contributed by atoms with Gasteiger partial charge in [0.1, 0.15) is 19.3 Å². The van der Waals surface area contributed by atoms with E-state index in [0.29, 0.717) is 17.4 Å². The molecule has 1 amide bonds. The quantitative estimate of drug-likeness (QED) is 0.0212. The lowest BCUT2D eigenvalue weighted by Gasteiger charge is -2.30. The first-order valence-electron chi connectivity index (χ1n) is 39.9. The van der Waals surface area contributed by atoms with E-state index in [1.807, 2.05) is 33.3 Å². The van der Waals surface area contributed by atoms with Crippen molar-refractivity contribution in [1.29, 1.82) is 0 Å². The minimum absolute atomic E-state index is 0.0198. The Balaban J connectivity index is 4.93. The van der Waals surface area contributed by atoms with Crippen LogP contribution in [0.3, 0.4) is 0 Å². The van der Waals surface area contributed by atoms with Gasteiger partial charge in [0.15, 0.2) is 0 Å². The zero-order valence-electron chi connectivity index (χ0n) is 61.6. The lowest BCUT2D eigenvalue weighted by molar-refractivity contribution is -0.870. The Bertz CT molecular complexity index is 1690. The molecule has 0 aliphatic heterocycles. The second-order valence-electron chi connectivity index (χ2n) is 28.6. The number of phosphoric ester groups is 1. The monoisotopic (exact) mass is 1300 g/mol. The third-order valence-corrected chi connectivity index (χ3v) is 19.2. The molecule has 91 heavy (non-hydrogen) atoms. The van der Waals surface area contributed by atoms with E-state index >= 15 is 0 Å². The van der Waals surface area contributed by atoms with Crippen LogP contribution < -0.4 is 10.2 Å². The highest BCUT2D eigenvalue weighted by atomic mass is 31.2. The molecule has 0 saturated heterocycles. The maximum Gasteiger partial charge on any atom is 0.306 e. The molecular weight excluding hydrogens is 1140 g/mol. The van der Waals surface area contributed by atoms with E-state index in [0.717, 1.165) is 64.2 Å². The van der Waals surface area contributed by atoms with Crippen molar-refractivity contribution in [3.8, 4) is 0 Å². The van der Waals surface area contributed by atoms with Crippen LogP contribution in [0.5, 0.6) is 0 Å². The summed E-state index contributed by atoms with van der Waals surface area (Å²) in [7, 11) is 1.20. The molecule has 0 aromatic rings. The first-order chi connectivity index (χ1) is 44.4. The summed E-state index contributed by atoms with van der Waals surface area (Å²) >= 11 is 0. The summed E-state index contributed by atoms with van der Waals surface area (Å²) in [5.74, 6) is -0.518. The molecule has 0 spiro atoms. The van der Waals surface area contributed by atoms with Crippen molar-refractivity contribution >= 4 is 19.7 Å². The Hall–Kier alpha value is -2.03. The Morgan fingerprint density at radius 1 is 0.385 bits per heavy atom. The maximum atomic E-state index is 13.7. The Labute approximate surface area is 567 Å². The number of esters is 1. The van der Waals surface area contributed by atoms with Crippen LogP contribution in [-0.4, -0.2) is 69.4 Å². The zero-order chi connectivity index (χ0) is 66.3. The SMILES string of the molecule is CCCCC/C=C\C/C=C\CCCCCCCCCCCCCCCCCC(=O)NC(COP(=O)([O-])OCC[N+](C)(C)C)C(/C=C/CCCCCCCCCCCCC)OC(=O)CCCCCCCCCCCCCCCCCCC/C=C/CCCCCCCC. The molecule has 9 nitrogen and oxygen atoms in total. The molecule has 0 aromatic heterocycles. The highest BCUT2D eigenvalue weighted by Crippen LogP contribution is 2.38. The van der Waals surface area contributed by atoms with Gasteiger partial charge in [-0.3, -0.25) is 14.2 Å². The number of nitrogens with zero attached hydrogens (tertiary/aromatic N) is 1. The average molecular weight is 1300 g/mol. The van der Waals surface area contributed by atoms with Gasteiger partial charge >= 0.3 is 5.97 Å². The normalized spacial score (nSPS) is 13.6. The fourth-order valence-electron chi connectivity index (χ4n) is 12.1. The number of rotatable bonds is 74. The summed E-state index contributed by atoms with van der Waals surface area (Å²) in [5.41, 5.74) is 0. The Kier molecular flexibility index (Phi) is 69.2. The van der Waals surface area contributed by atoms with Gasteiger partial charge in [-0.25, -0.2) is 0 Å². The molecule has 0 saturated carbocycles. The topological polar surface area (TPSA) is 114 Å². The predicted molar refractivity (Wildman–Crippen MR) is 395 cm³/mol. The lowest BCUT2D eigenvalue weighted by Crippen LogP contribution is -2.47.